The molecule has 0 N–H and O–H groups in total. The summed E-state index contributed by atoms with van der Waals surface area (Å²) in [4.78, 5) is 9.47. The Morgan fingerprint density at radius 2 is 1.00 bits per heavy atom. The third-order valence-corrected chi connectivity index (χ3v) is 11.2. The predicted octanol–water partition coefficient (Wildman–Crippen LogP) is 13.7. The molecule has 0 aliphatic heterocycles. The fourth-order valence-corrected chi connectivity index (χ4v) is 8.54. The average molecular weight is 718 g/mol. The Kier molecular flexibility index (Phi) is 7.59. The highest BCUT2D eigenvalue weighted by Gasteiger charge is 2.20. The Morgan fingerprint density at radius 3 is 1.75 bits per heavy atom. The Hall–Kier alpha value is -7.30. The molecule has 6 aromatic carbocycles. The molecule has 0 fully saturated rings. The van der Waals surface area contributed by atoms with Gasteiger partial charge in [0, 0.05) is 50.8 Å². The zero-order valence-electron chi connectivity index (χ0n) is 30.6. The summed E-state index contributed by atoms with van der Waals surface area (Å²) in [5.41, 5.74) is 16.5. The van der Waals surface area contributed by atoms with Gasteiger partial charge in [0.05, 0.1) is 22.4 Å². The second-order valence-electron chi connectivity index (χ2n) is 14.4. The fourth-order valence-electron chi connectivity index (χ4n) is 8.54. The number of hydrogen-bond donors (Lipinski definition) is 0. The summed E-state index contributed by atoms with van der Waals surface area (Å²) in [6.07, 6.45) is 10.5. The predicted molar refractivity (Wildman–Crippen MR) is 232 cm³/mol. The first kappa shape index (κ1) is 32.2. The summed E-state index contributed by atoms with van der Waals surface area (Å²) >= 11 is 0. The molecule has 4 heteroatoms. The molecule has 4 aromatic heterocycles. The Labute approximate surface area is 324 Å². The minimum absolute atomic E-state index is 0.878. The Balaban J connectivity index is 1.13. The summed E-state index contributed by atoms with van der Waals surface area (Å²) in [5, 5.41) is 4.60. The first-order valence-electron chi connectivity index (χ1n) is 19.2. The van der Waals surface area contributed by atoms with E-state index in [9.17, 15) is 0 Å². The van der Waals surface area contributed by atoms with E-state index in [-0.39, 0.29) is 0 Å². The third-order valence-electron chi connectivity index (χ3n) is 11.2. The van der Waals surface area contributed by atoms with Gasteiger partial charge in [0.25, 0.3) is 0 Å². The number of benzene rings is 6. The van der Waals surface area contributed by atoms with E-state index in [1.807, 2.05) is 30.6 Å². The second kappa shape index (κ2) is 13.2. The normalized spacial score (nSPS) is 13.1. The van der Waals surface area contributed by atoms with Gasteiger partial charge >= 0.3 is 0 Å². The number of pyridine rings is 2. The lowest BCUT2D eigenvalue weighted by molar-refractivity contribution is 0.669. The van der Waals surface area contributed by atoms with Crippen molar-refractivity contribution < 1.29 is 4.42 Å². The van der Waals surface area contributed by atoms with Crippen molar-refractivity contribution in [2.45, 2.75) is 12.8 Å². The van der Waals surface area contributed by atoms with Crippen molar-refractivity contribution in [3.63, 3.8) is 0 Å². The van der Waals surface area contributed by atoms with E-state index in [1.54, 1.807) is 0 Å². The van der Waals surface area contributed by atoms with E-state index >= 15 is 0 Å². The lowest BCUT2D eigenvalue weighted by Crippen LogP contribution is -1.97. The van der Waals surface area contributed by atoms with E-state index in [0.717, 1.165) is 79.6 Å². The van der Waals surface area contributed by atoms with Crippen LogP contribution in [0.1, 0.15) is 24.1 Å². The maximum atomic E-state index is 6.40. The molecule has 0 saturated heterocycles. The minimum Gasteiger partial charge on any atom is -0.456 e. The van der Waals surface area contributed by atoms with Crippen LogP contribution >= 0.6 is 0 Å². The largest absolute Gasteiger partial charge is 0.456 e. The van der Waals surface area contributed by atoms with Crippen molar-refractivity contribution in [1.82, 2.24) is 14.5 Å². The van der Waals surface area contributed by atoms with Crippen LogP contribution in [0, 0.1) is 0 Å². The summed E-state index contributed by atoms with van der Waals surface area (Å²) in [5.74, 6) is 0. The topological polar surface area (TPSA) is 43.9 Å². The van der Waals surface area contributed by atoms with E-state index in [1.165, 1.54) is 38.6 Å². The van der Waals surface area contributed by atoms with Crippen LogP contribution in [0.25, 0.3) is 94.1 Å². The van der Waals surface area contributed by atoms with Gasteiger partial charge in [-0.3, -0.25) is 9.97 Å². The number of hydrogen-bond acceptors (Lipinski definition) is 3. The number of nitrogens with zero attached hydrogens (tertiary/aromatic N) is 3. The Morgan fingerprint density at radius 1 is 0.411 bits per heavy atom. The molecule has 0 amide bonds. The second-order valence-corrected chi connectivity index (χ2v) is 14.4. The van der Waals surface area contributed by atoms with Gasteiger partial charge in [-0.1, -0.05) is 97.1 Å². The summed E-state index contributed by atoms with van der Waals surface area (Å²) in [7, 11) is 0. The van der Waals surface area contributed by atoms with Crippen LogP contribution in [0.3, 0.4) is 0 Å². The number of furan rings is 1. The first-order valence-corrected chi connectivity index (χ1v) is 19.2. The molecule has 0 bridgehead atoms. The van der Waals surface area contributed by atoms with Gasteiger partial charge in [0.1, 0.15) is 11.2 Å². The highest BCUT2D eigenvalue weighted by Crippen LogP contribution is 2.42. The lowest BCUT2D eigenvalue weighted by atomic mass is 9.89. The van der Waals surface area contributed by atoms with Crippen molar-refractivity contribution in [3.05, 3.63) is 200 Å². The van der Waals surface area contributed by atoms with Crippen LogP contribution in [0.2, 0.25) is 0 Å². The molecular weight excluding hydrogens is 683 g/mol. The zero-order valence-corrected chi connectivity index (χ0v) is 30.6. The van der Waals surface area contributed by atoms with Crippen molar-refractivity contribution in [3.8, 4) is 39.2 Å². The highest BCUT2D eigenvalue weighted by molar-refractivity contribution is 6.14. The van der Waals surface area contributed by atoms with Crippen LogP contribution in [0.4, 0.5) is 0 Å². The smallest absolute Gasteiger partial charge is 0.135 e. The van der Waals surface area contributed by atoms with Gasteiger partial charge in [-0.05, 0) is 125 Å². The van der Waals surface area contributed by atoms with Gasteiger partial charge < -0.3 is 8.98 Å². The molecule has 0 radical (unpaired) electrons. The average Bonchev–Trinajstić information content (AvgIpc) is 3.81. The van der Waals surface area contributed by atoms with Crippen molar-refractivity contribution in [2.75, 3.05) is 0 Å². The molecule has 4 heterocycles. The van der Waals surface area contributed by atoms with Crippen LogP contribution < -0.4 is 0 Å². The van der Waals surface area contributed by atoms with Crippen LogP contribution in [-0.4, -0.2) is 14.5 Å². The van der Waals surface area contributed by atoms with E-state index in [4.69, 9.17) is 14.4 Å². The van der Waals surface area contributed by atoms with E-state index in [0.29, 0.717) is 0 Å². The summed E-state index contributed by atoms with van der Waals surface area (Å²) in [6.45, 7) is 0. The molecule has 56 heavy (non-hydrogen) atoms. The number of aromatic nitrogens is 3. The van der Waals surface area contributed by atoms with Crippen molar-refractivity contribution in [2.24, 2.45) is 0 Å². The minimum atomic E-state index is 0.878. The third kappa shape index (κ3) is 5.38. The molecule has 1 aliphatic rings. The maximum absolute atomic E-state index is 6.40. The van der Waals surface area contributed by atoms with Crippen LogP contribution in [0.15, 0.2) is 193 Å². The quantitative estimate of drug-likeness (QED) is 0.172. The van der Waals surface area contributed by atoms with Gasteiger partial charge in [0.15, 0.2) is 0 Å². The molecule has 4 nitrogen and oxygen atoms in total. The molecular formula is C52H35N3O. The zero-order chi connectivity index (χ0) is 37.0. The first-order chi connectivity index (χ1) is 27.8. The number of fused-ring (bicyclic) bond motifs is 6. The maximum Gasteiger partial charge on any atom is 0.135 e. The molecule has 11 rings (SSSR count). The van der Waals surface area contributed by atoms with E-state index in [2.05, 4.69) is 162 Å². The lowest BCUT2D eigenvalue weighted by Gasteiger charge is -2.17. The van der Waals surface area contributed by atoms with Gasteiger partial charge in [-0.15, -0.1) is 0 Å². The van der Waals surface area contributed by atoms with Crippen molar-refractivity contribution in [1.29, 1.82) is 0 Å². The molecule has 10 aromatic rings. The monoisotopic (exact) mass is 717 g/mol. The summed E-state index contributed by atoms with van der Waals surface area (Å²) in [6, 6.07) is 58.3. The molecule has 1 aliphatic carbocycles. The molecule has 0 spiro atoms. The van der Waals surface area contributed by atoms with Crippen LogP contribution in [0.5, 0.6) is 0 Å². The molecule has 264 valence electrons. The summed E-state index contributed by atoms with van der Waals surface area (Å²) < 4.78 is 8.81. The molecule has 0 unspecified atom stereocenters. The van der Waals surface area contributed by atoms with Crippen LogP contribution in [-0.2, 0) is 0 Å². The SMILES string of the molecule is C1=C(c2ccc3c(c2)c2cc(-c4ccccc4-c4ccccn4)ccc2n3-c2ccc3oc4ccc(-c5ccccc5)cc4c3c2)C(c2ccccn2)=CCC1. The van der Waals surface area contributed by atoms with Gasteiger partial charge in [-0.25, -0.2) is 0 Å². The van der Waals surface area contributed by atoms with Gasteiger partial charge in [0.2, 0.25) is 0 Å². The Bertz CT molecular complexity index is 3170. The molecule has 0 atom stereocenters. The number of allylic oxidation sites excluding steroid dienone is 4. The fraction of sp³-hybridized carbons (Fsp3) is 0.0385. The number of rotatable bonds is 6. The highest BCUT2D eigenvalue weighted by atomic mass is 16.3. The van der Waals surface area contributed by atoms with E-state index < -0.39 is 0 Å². The standard InChI is InChI=1S/C52H35N3O/c1-2-12-34(13-3-1)35-22-26-51-45(30-35)46-33-38(23-27-52(46)56-51)55-49-24-20-36(39-14-4-6-16-41(39)47-18-8-10-28-53-47)31-43(49)44-32-37(21-25-50(44)55)40-15-5-7-17-42(40)48-19-9-11-29-54-48/h1-4,6,8-33H,5,7H2. The molecule has 0 saturated carbocycles. The van der Waals surface area contributed by atoms with Crippen molar-refractivity contribution >= 4 is 54.9 Å². The van der Waals surface area contributed by atoms with Gasteiger partial charge in [-0.2, -0.15) is 0 Å².